The molecule has 0 spiro atoms. The number of amides is 1. The number of phenols is 1. The zero-order chi connectivity index (χ0) is 20.2. The quantitative estimate of drug-likeness (QED) is 0.613. The number of rotatable bonds is 3. The fourth-order valence-corrected chi connectivity index (χ4v) is 4.07. The molecule has 7 nitrogen and oxygen atoms in total. The van der Waals surface area contributed by atoms with E-state index in [1.807, 2.05) is 41.3 Å². The molecule has 0 bridgehead atoms. The predicted octanol–water partition coefficient (Wildman–Crippen LogP) is 1.68. The van der Waals surface area contributed by atoms with Gasteiger partial charge >= 0.3 is 0 Å². The summed E-state index contributed by atoms with van der Waals surface area (Å²) in [6.07, 6.45) is 0.908. The van der Waals surface area contributed by atoms with Gasteiger partial charge in [0.1, 0.15) is 5.75 Å². The number of nitrogens with zero attached hydrogens (tertiary/aromatic N) is 4. The Morgan fingerprint density at radius 1 is 1.00 bits per heavy atom. The molecule has 2 aliphatic rings. The van der Waals surface area contributed by atoms with Crippen molar-refractivity contribution in [3.05, 3.63) is 54.1 Å². The summed E-state index contributed by atoms with van der Waals surface area (Å²) in [7, 11) is 1.74. The van der Waals surface area contributed by atoms with Crippen LogP contribution < -0.4 is 15.1 Å². The van der Waals surface area contributed by atoms with Crippen LogP contribution in [-0.4, -0.2) is 68.2 Å². The molecule has 0 aromatic heterocycles. The first-order chi connectivity index (χ1) is 14.2. The van der Waals surface area contributed by atoms with E-state index in [4.69, 9.17) is 0 Å². The topological polar surface area (TPSA) is 71.4 Å². The number of phenolic OH excluding ortho intramolecular Hbond substituents is 1. The van der Waals surface area contributed by atoms with Crippen molar-refractivity contribution in [2.75, 3.05) is 56.1 Å². The van der Waals surface area contributed by atoms with Crippen molar-refractivity contribution in [2.24, 2.45) is 4.99 Å². The van der Waals surface area contributed by atoms with E-state index in [0.29, 0.717) is 5.75 Å². The molecule has 2 heterocycles. The minimum Gasteiger partial charge on any atom is -0.506 e. The number of hydrogen-bond acceptors (Lipinski definition) is 4. The lowest BCUT2D eigenvalue weighted by molar-refractivity contribution is -0.117. The number of guanidine groups is 1. The Morgan fingerprint density at radius 2 is 1.69 bits per heavy atom. The van der Waals surface area contributed by atoms with Gasteiger partial charge in [0, 0.05) is 45.5 Å². The molecule has 0 atom stereocenters. The molecule has 2 N–H and O–H groups in total. The summed E-state index contributed by atoms with van der Waals surface area (Å²) in [4.78, 5) is 23.3. The number of anilines is 2. The molecule has 1 fully saturated rings. The SMILES string of the molecule is CN=C(NCC(=O)N1CCc2ccccc21)N1CCN(c2ccccc2O)CC1. The summed E-state index contributed by atoms with van der Waals surface area (Å²) < 4.78 is 0. The van der Waals surface area contributed by atoms with Crippen LogP contribution in [0.25, 0.3) is 0 Å². The highest BCUT2D eigenvalue weighted by Gasteiger charge is 2.25. The van der Waals surface area contributed by atoms with Gasteiger partial charge in [-0.1, -0.05) is 30.3 Å². The number of piperazine rings is 1. The molecule has 4 rings (SSSR count). The number of fused-ring (bicyclic) bond motifs is 1. The Balaban J connectivity index is 1.32. The third-order valence-corrected chi connectivity index (χ3v) is 5.60. The van der Waals surface area contributed by atoms with Crippen LogP contribution in [-0.2, 0) is 11.2 Å². The Hall–Kier alpha value is -3.22. The lowest BCUT2D eigenvalue weighted by atomic mass is 10.2. The summed E-state index contributed by atoms with van der Waals surface area (Å²) in [6.45, 7) is 4.07. The van der Waals surface area contributed by atoms with E-state index >= 15 is 0 Å². The smallest absolute Gasteiger partial charge is 0.246 e. The van der Waals surface area contributed by atoms with Gasteiger partial charge in [0.2, 0.25) is 5.91 Å². The van der Waals surface area contributed by atoms with Crippen molar-refractivity contribution in [1.82, 2.24) is 10.2 Å². The fourth-order valence-electron chi connectivity index (χ4n) is 4.07. The van der Waals surface area contributed by atoms with E-state index in [1.54, 1.807) is 13.1 Å². The highest BCUT2D eigenvalue weighted by Crippen LogP contribution is 2.28. The lowest BCUT2D eigenvalue weighted by Gasteiger charge is -2.37. The van der Waals surface area contributed by atoms with Gasteiger partial charge in [0.05, 0.1) is 12.2 Å². The predicted molar refractivity (Wildman–Crippen MR) is 116 cm³/mol. The van der Waals surface area contributed by atoms with Crippen LogP contribution in [0.2, 0.25) is 0 Å². The second kappa shape index (κ2) is 8.43. The van der Waals surface area contributed by atoms with E-state index < -0.39 is 0 Å². The molecule has 0 radical (unpaired) electrons. The van der Waals surface area contributed by atoms with Crippen LogP contribution in [0.5, 0.6) is 5.75 Å². The molecule has 2 aliphatic heterocycles. The summed E-state index contributed by atoms with van der Waals surface area (Å²) in [5.74, 6) is 1.10. The van der Waals surface area contributed by atoms with E-state index in [-0.39, 0.29) is 12.5 Å². The Labute approximate surface area is 171 Å². The highest BCUT2D eigenvalue weighted by atomic mass is 16.3. The average Bonchev–Trinajstić information content (AvgIpc) is 3.19. The van der Waals surface area contributed by atoms with Crippen LogP contribution in [0.4, 0.5) is 11.4 Å². The largest absolute Gasteiger partial charge is 0.506 e. The normalized spacial score (nSPS) is 16.7. The van der Waals surface area contributed by atoms with Crippen LogP contribution >= 0.6 is 0 Å². The van der Waals surface area contributed by atoms with Crippen LogP contribution in [0.15, 0.2) is 53.5 Å². The molecule has 2 aromatic rings. The second-order valence-electron chi connectivity index (χ2n) is 7.29. The number of aliphatic imine (C=N–C) groups is 1. The number of carbonyl (C=O) groups excluding carboxylic acids is 1. The number of carbonyl (C=O) groups is 1. The van der Waals surface area contributed by atoms with Gasteiger partial charge in [0.25, 0.3) is 0 Å². The molecule has 0 unspecified atom stereocenters. The standard InChI is InChI=1S/C22H27N5O2/c1-23-22(24-16-21(29)27-11-10-17-6-2-3-7-18(17)27)26-14-12-25(13-15-26)19-8-4-5-9-20(19)28/h2-9,28H,10-16H2,1H3,(H,23,24). The fraction of sp³-hybridized carbons (Fsp3) is 0.364. The second-order valence-corrected chi connectivity index (χ2v) is 7.29. The molecule has 29 heavy (non-hydrogen) atoms. The molecule has 1 saturated heterocycles. The Morgan fingerprint density at radius 3 is 2.41 bits per heavy atom. The molecule has 152 valence electrons. The van der Waals surface area contributed by atoms with Crippen LogP contribution in [0.1, 0.15) is 5.56 Å². The number of benzene rings is 2. The van der Waals surface area contributed by atoms with E-state index in [2.05, 4.69) is 26.2 Å². The van der Waals surface area contributed by atoms with Crippen molar-refractivity contribution in [3.63, 3.8) is 0 Å². The number of para-hydroxylation sites is 3. The van der Waals surface area contributed by atoms with Gasteiger partial charge in [0.15, 0.2) is 5.96 Å². The van der Waals surface area contributed by atoms with E-state index in [9.17, 15) is 9.90 Å². The minimum absolute atomic E-state index is 0.0592. The van der Waals surface area contributed by atoms with Crippen molar-refractivity contribution >= 4 is 23.2 Å². The van der Waals surface area contributed by atoms with Gasteiger partial charge in [-0.15, -0.1) is 0 Å². The molecule has 0 saturated carbocycles. The van der Waals surface area contributed by atoms with Crippen LogP contribution in [0, 0.1) is 0 Å². The molecular weight excluding hydrogens is 366 g/mol. The van der Waals surface area contributed by atoms with Gasteiger partial charge in [-0.3, -0.25) is 9.79 Å². The van der Waals surface area contributed by atoms with Gasteiger partial charge in [-0.25, -0.2) is 0 Å². The lowest BCUT2D eigenvalue weighted by Crippen LogP contribution is -2.54. The summed E-state index contributed by atoms with van der Waals surface area (Å²) >= 11 is 0. The van der Waals surface area contributed by atoms with Crippen LogP contribution in [0.3, 0.4) is 0 Å². The molecular formula is C22H27N5O2. The summed E-state index contributed by atoms with van der Waals surface area (Å²) in [5.41, 5.74) is 3.11. The average molecular weight is 393 g/mol. The van der Waals surface area contributed by atoms with Gasteiger partial charge in [-0.2, -0.15) is 0 Å². The minimum atomic E-state index is 0.0592. The summed E-state index contributed by atoms with van der Waals surface area (Å²) in [5, 5.41) is 13.3. The van der Waals surface area contributed by atoms with Gasteiger partial charge < -0.3 is 25.1 Å². The van der Waals surface area contributed by atoms with Crippen molar-refractivity contribution in [1.29, 1.82) is 0 Å². The Kier molecular flexibility index (Phi) is 5.55. The maximum Gasteiger partial charge on any atom is 0.246 e. The molecule has 2 aromatic carbocycles. The monoisotopic (exact) mass is 393 g/mol. The van der Waals surface area contributed by atoms with Crippen molar-refractivity contribution in [2.45, 2.75) is 6.42 Å². The first-order valence-corrected chi connectivity index (χ1v) is 10.0. The van der Waals surface area contributed by atoms with Crippen molar-refractivity contribution < 1.29 is 9.90 Å². The maximum absolute atomic E-state index is 12.7. The zero-order valence-electron chi connectivity index (χ0n) is 16.7. The first-order valence-electron chi connectivity index (χ1n) is 10.0. The molecule has 1 amide bonds. The van der Waals surface area contributed by atoms with E-state index in [1.165, 1.54) is 5.56 Å². The van der Waals surface area contributed by atoms with Crippen molar-refractivity contribution in [3.8, 4) is 5.75 Å². The van der Waals surface area contributed by atoms with E-state index in [0.717, 1.165) is 56.5 Å². The molecule has 7 heteroatoms. The highest BCUT2D eigenvalue weighted by molar-refractivity contribution is 5.98. The Bertz CT molecular complexity index is 906. The first kappa shape index (κ1) is 19.1. The third kappa shape index (κ3) is 3.99. The number of aromatic hydroxyl groups is 1. The number of hydrogen-bond donors (Lipinski definition) is 2. The summed E-state index contributed by atoms with van der Waals surface area (Å²) in [6, 6.07) is 15.5. The number of nitrogens with one attached hydrogen (secondary N) is 1. The maximum atomic E-state index is 12.7. The molecule has 0 aliphatic carbocycles. The third-order valence-electron chi connectivity index (χ3n) is 5.60. The van der Waals surface area contributed by atoms with Gasteiger partial charge in [-0.05, 0) is 30.2 Å². The zero-order valence-corrected chi connectivity index (χ0v) is 16.7.